The first-order valence-corrected chi connectivity index (χ1v) is 10.3. The molecule has 0 saturated carbocycles. The predicted molar refractivity (Wildman–Crippen MR) is 111 cm³/mol. The molecule has 3 aromatic rings. The lowest BCUT2D eigenvalue weighted by atomic mass is 10.2. The second-order valence-corrected chi connectivity index (χ2v) is 8.06. The summed E-state index contributed by atoms with van der Waals surface area (Å²) in [4.78, 5) is 2.50. The van der Waals surface area contributed by atoms with Crippen molar-refractivity contribution in [1.82, 2.24) is 4.83 Å². The smallest absolute Gasteiger partial charge is 0.276 e. The van der Waals surface area contributed by atoms with Crippen molar-refractivity contribution in [3.05, 3.63) is 95.1 Å². The van der Waals surface area contributed by atoms with Gasteiger partial charge in [-0.1, -0.05) is 54.6 Å². The minimum Gasteiger partial charge on any atom is -0.488 e. The lowest BCUT2D eigenvalue weighted by molar-refractivity contribution is 0.306. The van der Waals surface area contributed by atoms with Gasteiger partial charge in [-0.05, 0) is 48.7 Å². The Morgan fingerprint density at radius 1 is 0.964 bits per heavy atom. The molecule has 6 heteroatoms. The Bertz CT molecular complexity index is 1080. The number of rotatable bonds is 7. The Labute approximate surface area is 165 Å². The molecule has 1 N–H and O–H groups in total. The summed E-state index contributed by atoms with van der Waals surface area (Å²) in [6, 6.07) is 22.4. The van der Waals surface area contributed by atoms with Gasteiger partial charge in [0.1, 0.15) is 12.4 Å². The molecule has 0 bridgehead atoms. The van der Waals surface area contributed by atoms with Crippen LogP contribution in [0.4, 0.5) is 0 Å². The molecule has 0 aliphatic carbocycles. The summed E-state index contributed by atoms with van der Waals surface area (Å²) in [5.74, 6) is 0.626. The first-order chi connectivity index (χ1) is 13.5. The molecule has 0 aromatic heterocycles. The largest absolute Gasteiger partial charge is 0.488 e. The molecular weight excluding hydrogens is 372 g/mol. The lowest BCUT2D eigenvalue weighted by Crippen LogP contribution is -2.19. The number of sulfonamides is 1. The fourth-order valence-electron chi connectivity index (χ4n) is 2.67. The average molecular weight is 394 g/mol. The summed E-state index contributed by atoms with van der Waals surface area (Å²) < 4.78 is 30.9. The number of benzene rings is 3. The van der Waals surface area contributed by atoms with E-state index in [1.165, 1.54) is 6.21 Å². The van der Waals surface area contributed by atoms with E-state index in [0.29, 0.717) is 23.5 Å². The molecule has 0 spiro atoms. The van der Waals surface area contributed by atoms with E-state index in [0.717, 1.165) is 11.1 Å². The van der Waals surface area contributed by atoms with Crippen LogP contribution in [0.1, 0.15) is 22.3 Å². The summed E-state index contributed by atoms with van der Waals surface area (Å²) in [5.41, 5.74) is 3.27. The molecular formula is C22H22N2O3S. The predicted octanol–water partition coefficient (Wildman–Crippen LogP) is 4.19. The number of ether oxygens (including phenoxy) is 1. The highest BCUT2D eigenvalue weighted by Gasteiger charge is 2.15. The molecule has 3 rings (SSSR count). The van der Waals surface area contributed by atoms with Crippen molar-refractivity contribution in [1.29, 1.82) is 0 Å². The number of nitrogens with zero attached hydrogens (tertiary/aromatic N) is 1. The zero-order valence-corrected chi connectivity index (χ0v) is 16.6. The van der Waals surface area contributed by atoms with E-state index < -0.39 is 10.0 Å². The minimum atomic E-state index is -3.74. The van der Waals surface area contributed by atoms with Gasteiger partial charge in [-0.2, -0.15) is 13.5 Å². The fourth-order valence-corrected chi connectivity index (χ4v) is 3.79. The second-order valence-electron chi connectivity index (χ2n) is 6.43. The van der Waals surface area contributed by atoms with Crippen LogP contribution in [0.5, 0.6) is 5.75 Å². The van der Waals surface area contributed by atoms with Crippen LogP contribution in [-0.2, 0) is 16.6 Å². The molecule has 0 unspecified atom stereocenters. The molecule has 0 aliphatic heterocycles. The van der Waals surface area contributed by atoms with Crippen molar-refractivity contribution in [3.8, 4) is 5.75 Å². The third kappa shape index (κ3) is 4.98. The first kappa shape index (κ1) is 19.6. The van der Waals surface area contributed by atoms with Crippen LogP contribution < -0.4 is 9.57 Å². The Morgan fingerprint density at radius 2 is 1.68 bits per heavy atom. The van der Waals surface area contributed by atoms with Crippen molar-refractivity contribution in [2.24, 2.45) is 5.10 Å². The maximum absolute atomic E-state index is 12.5. The lowest BCUT2D eigenvalue weighted by Gasteiger charge is -2.10. The molecule has 0 aliphatic rings. The molecule has 0 atom stereocenters. The Balaban J connectivity index is 1.73. The second kappa shape index (κ2) is 8.71. The number of hydrazone groups is 1. The van der Waals surface area contributed by atoms with Gasteiger partial charge in [0.15, 0.2) is 0 Å². The van der Waals surface area contributed by atoms with Crippen LogP contribution in [0.15, 0.2) is 82.8 Å². The molecule has 28 heavy (non-hydrogen) atoms. The highest BCUT2D eigenvalue weighted by atomic mass is 32.2. The average Bonchev–Trinajstić information content (AvgIpc) is 2.69. The topological polar surface area (TPSA) is 67.8 Å². The van der Waals surface area contributed by atoms with E-state index in [1.54, 1.807) is 19.1 Å². The van der Waals surface area contributed by atoms with E-state index in [4.69, 9.17) is 4.74 Å². The van der Waals surface area contributed by atoms with Gasteiger partial charge >= 0.3 is 0 Å². The molecule has 144 valence electrons. The zero-order chi connectivity index (χ0) is 20.0. The first-order valence-electron chi connectivity index (χ1n) is 8.83. The highest BCUT2D eigenvalue weighted by Crippen LogP contribution is 2.19. The standard InChI is InChI=1S/C22H22N2O3S/c1-17-12-13-18(2)22(14-17)28(25,26)24-23-15-20-10-6-7-11-21(20)27-16-19-8-4-3-5-9-19/h3-15,24H,16H2,1-2H3/b23-15+. The number of para-hydroxylation sites is 1. The summed E-state index contributed by atoms with van der Waals surface area (Å²) in [6.45, 7) is 4.02. The third-order valence-corrected chi connectivity index (χ3v) is 5.53. The van der Waals surface area contributed by atoms with E-state index in [-0.39, 0.29) is 4.90 Å². The van der Waals surface area contributed by atoms with Crippen molar-refractivity contribution in [3.63, 3.8) is 0 Å². The van der Waals surface area contributed by atoms with Crippen molar-refractivity contribution < 1.29 is 13.2 Å². The van der Waals surface area contributed by atoms with Crippen LogP contribution >= 0.6 is 0 Å². The van der Waals surface area contributed by atoms with Gasteiger partial charge in [-0.25, -0.2) is 4.83 Å². The van der Waals surface area contributed by atoms with Gasteiger partial charge in [-0.3, -0.25) is 0 Å². The van der Waals surface area contributed by atoms with Gasteiger partial charge < -0.3 is 4.74 Å². The number of hydrogen-bond donors (Lipinski definition) is 1. The van der Waals surface area contributed by atoms with Gasteiger partial charge in [0.25, 0.3) is 10.0 Å². The Kier molecular flexibility index (Phi) is 6.11. The molecule has 0 radical (unpaired) electrons. The van der Waals surface area contributed by atoms with E-state index in [9.17, 15) is 8.42 Å². The van der Waals surface area contributed by atoms with E-state index >= 15 is 0 Å². The van der Waals surface area contributed by atoms with Crippen LogP contribution in [-0.4, -0.2) is 14.6 Å². The van der Waals surface area contributed by atoms with E-state index in [2.05, 4.69) is 9.93 Å². The monoisotopic (exact) mass is 394 g/mol. The summed E-state index contributed by atoms with van der Waals surface area (Å²) in [5, 5.41) is 3.93. The minimum absolute atomic E-state index is 0.221. The molecule has 0 heterocycles. The molecule has 0 amide bonds. The number of hydrogen-bond acceptors (Lipinski definition) is 4. The molecule has 0 saturated heterocycles. The summed E-state index contributed by atoms with van der Waals surface area (Å²) >= 11 is 0. The quantitative estimate of drug-likeness (QED) is 0.482. The molecule has 3 aromatic carbocycles. The van der Waals surface area contributed by atoms with Gasteiger partial charge in [-0.15, -0.1) is 0 Å². The van der Waals surface area contributed by atoms with Crippen molar-refractivity contribution >= 4 is 16.2 Å². The number of nitrogens with one attached hydrogen (secondary N) is 1. The van der Waals surface area contributed by atoms with Crippen molar-refractivity contribution in [2.75, 3.05) is 0 Å². The maximum atomic E-state index is 12.5. The van der Waals surface area contributed by atoms with Gasteiger partial charge in [0.2, 0.25) is 0 Å². The van der Waals surface area contributed by atoms with Crippen molar-refractivity contribution in [2.45, 2.75) is 25.3 Å². The third-order valence-electron chi connectivity index (χ3n) is 4.17. The van der Waals surface area contributed by atoms with Gasteiger partial charge in [0.05, 0.1) is 11.1 Å². The fraction of sp³-hybridized carbons (Fsp3) is 0.136. The number of aryl methyl sites for hydroxylation is 2. The summed E-state index contributed by atoms with van der Waals surface area (Å²) in [6.07, 6.45) is 1.45. The van der Waals surface area contributed by atoms with Crippen LogP contribution in [0, 0.1) is 13.8 Å². The van der Waals surface area contributed by atoms with Crippen LogP contribution in [0.3, 0.4) is 0 Å². The van der Waals surface area contributed by atoms with Crippen LogP contribution in [0.2, 0.25) is 0 Å². The Morgan fingerprint density at radius 3 is 2.46 bits per heavy atom. The SMILES string of the molecule is Cc1ccc(C)c(S(=O)(=O)N/N=C/c2ccccc2OCc2ccccc2)c1. The normalized spacial score (nSPS) is 11.5. The molecule has 0 fully saturated rings. The van der Waals surface area contributed by atoms with E-state index in [1.807, 2.05) is 67.6 Å². The summed E-state index contributed by atoms with van der Waals surface area (Å²) in [7, 11) is -3.74. The zero-order valence-electron chi connectivity index (χ0n) is 15.8. The molecule has 5 nitrogen and oxygen atoms in total. The van der Waals surface area contributed by atoms with Crippen LogP contribution in [0.25, 0.3) is 0 Å². The maximum Gasteiger partial charge on any atom is 0.276 e. The Hall–Kier alpha value is -3.12. The van der Waals surface area contributed by atoms with Gasteiger partial charge in [0, 0.05) is 5.56 Å². The highest BCUT2D eigenvalue weighted by molar-refractivity contribution is 7.89.